The lowest BCUT2D eigenvalue weighted by molar-refractivity contribution is -0.129. The lowest BCUT2D eigenvalue weighted by atomic mass is 9.44. The second kappa shape index (κ2) is 7.91. The van der Waals surface area contributed by atoms with E-state index in [9.17, 15) is 16.8 Å². The predicted molar refractivity (Wildman–Crippen MR) is 114 cm³/mol. The molecule has 10 heteroatoms. The SMILES string of the molecule is CC(OS(=O)(=O)O)[C@H]1CC[C@H]2[C@@H]3CC[C@H]4CC(OS(=O)(=O)O)CC[C@]4(C)[C@H]3CC[C@]12C. The molecular weight excluding hydrogens is 444 g/mol. The van der Waals surface area contributed by atoms with Gasteiger partial charge in [0.25, 0.3) is 0 Å². The molecule has 4 aliphatic carbocycles. The van der Waals surface area contributed by atoms with E-state index in [2.05, 4.69) is 13.8 Å². The zero-order valence-electron chi connectivity index (χ0n) is 18.6. The van der Waals surface area contributed by atoms with Crippen LogP contribution in [0.4, 0.5) is 0 Å². The maximum atomic E-state index is 11.3. The Hall–Kier alpha value is -0.260. The first kappa shape index (κ1) is 23.9. The van der Waals surface area contributed by atoms with Crippen LogP contribution >= 0.6 is 0 Å². The summed E-state index contributed by atoms with van der Waals surface area (Å²) in [6.45, 7) is 6.39. The maximum absolute atomic E-state index is 11.3. The Labute approximate surface area is 186 Å². The lowest BCUT2D eigenvalue weighted by Gasteiger charge is -2.61. The van der Waals surface area contributed by atoms with Crippen molar-refractivity contribution in [3.8, 4) is 0 Å². The highest BCUT2D eigenvalue weighted by atomic mass is 32.3. The summed E-state index contributed by atoms with van der Waals surface area (Å²) in [6.07, 6.45) is 7.38. The average Bonchev–Trinajstić information content (AvgIpc) is 2.97. The third kappa shape index (κ3) is 4.45. The summed E-state index contributed by atoms with van der Waals surface area (Å²) in [7, 11) is -8.89. The van der Waals surface area contributed by atoms with Crippen molar-refractivity contribution in [3.05, 3.63) is 0 Å². The monoisotopic (exact) mass is 480 g/mol. The van der Waals surface area contributed by atoms with Gasteiger partial charge in [0, 0.05) is 0 Å². The first-order valence-electron chi connectivity index (χ1n) is 11.5. The van der Waals surface area contributed by atoms with E-state index >= 15 is 0 Å². The van der Waals surface area contributed by atoms with Crippen LogP contribution in [-0.2, 0) is 29.2 Å². The molecule has 4 saturated carbocycles. The van der Waals surface area contributed by atoms with Crippen LogP contribution in [0.5, 0.6) is 0 Å². The van der Waals surface area contributed by atoms with Crippen molar-refractivity contribution in [3.63, 3.8) is 0 Å². The van der Waals surface area contributed by atoms with Gasteiger partial charge in [-0.15, -0.1) is 0 Å². The zero-order valence-corrected chi connectivity index (χ0v) is 20.2. The highest BCUT2D eigenvalue weighted by molar-refractivity contribution is 7.81. The quantitative estimate of drug-likeness (QED) is 0.564. The summed E-state index contributed by atoms with van der Waals surface area (Å²) in [5, 5.41) is 0. The molecule has 31 heavy (non-hydrogen) atoms. The first-order chi connectivity index (χ1) is 14.2. The fraction of sp³-hybridized carbons (Fsp3) is 1.00. The molecule has 0 aliphatic heterocycles. The molecular formula is C21H36O8S2. The molecule has 4 fully saturated rings. The smallest absolute Gasteiger partial charge is 0.264 e. The van der Waals surface area contributed by atoms with Gasteiger partial charge in [-0.2, -0.15) is 16.8 Å². The third-order valence-electron chi connectivity index (χ3n) is 9.79. The molecule has 4 rings (SSSR count). The lowest BCUT2D eigenvalue weighted by Crippen LogP contribution is -2.54. The first-order valence-corrected chi connectivity index (χ1v) is 14.3. The summed E-state index contributed by atoms with van der Waals surface area (Å²) in [5.41, 5.74) is 0.137. The number of rotatable bonds is 5. The summed E-state index contributed by atoms with van der Waals surface area (Å²) in [6, 6.07) is 0. The molecule has 8 nitrogen and oxygen atoms in total. The maximum Gasteiger partial charge on any atom is 0.397 e. The van der Waals surface area contributed by atoms with E-state index in [1.54, 1.807) is 6.92 Å². The molecule has 0 amide bonds. The van der Waals surface area contributed by atoms with Crippen LogP contribution in [0.15, 0.2) is 0 Å². The molecule has 0 aromatic carbocycles. The summed E-state index contributed by atoms with van der Waals surface area (Å²) in [5.74, 6) is 2.13. The van der Waals surface area contributed by atoms with Gasteiger partial charge in [0.1, 0.15) is 0 Å². The normalized spacial score (nSPS) is 46.6. The van der Waals surface area contributed by atoms with Crippen molar-refractivity contribution in [2.45, 2.75) is 90.8 Å². The summed E-state index contributed by atoms with van der Waals surface area (Å²) in [4.78, 5) is 0. The van der Waals surface area contributed by atoms with Gasteiger partial charge in [0.2, 0.25) is 0 Å². The Bertz CT molecular complexity index is 902. The minimum Gasteiger partial charge on any atom is -0.264 e. The van der Waals surface area contributed by atoms with Crippen molar-refractivity contribution in [1.29, 1.82) is 0 Å². The van der Waals surface area contributed by atoms with E-state index in [1.165, 1.54) is 0 Å². The van der Waals surface area contributed by atoms with E-state index in [0.717, 1.165) is 44.9 Å². The van der Waals surface area contributed by atoms with Gasteiger partial charge in [-0.1, -0.05) is 13.8 Å². The van der Waals surface area contributed by atoms with E-state index in [0.29, 0.717) is 36.5 Å². The zero-order chi connectivity index (χ0) is 22.8. The molecule has 0 radical (unpaired) electrons. The minimum absolute atomic E-state index is 0.000248. The van der Waals surface area contributed by atoms with Crippen LogP contribution in [0.2, 0.25) is 0 Å². The highest BCUT2D eigenvalue weighted by Crippen LogP contribution is 2.68. The fourth-order valence-corrected chi connectivity index (χ4v) is 9.59. The molecule has 0 spiro atoms. The summed E-state index contributed by atoms with van der Waals surface area (Å²) >= 11 is 0. The second-order valence-corrected chi connectivity index (χ2v) is 13.1. The number of hydrogen-bond donors (Lipinski definition) is 2. The van der Waals surface area contributed by atoms with Crippen molar-refractivity contribution in [2.24, 2.45) is 40.4 Å². The van der Waals surface area contributed by atoms with Crippen LogP contribution in [0, 0.1) is 40.4 Å². The number of hydrogen-bond acceptors (Lipinski definition) is 6. The Balaban J connectivity index is 1.50. The van der Waals surface area contributed by atoms with Crippen molar-refractivity contribution >= 4 is 20.8 Å². The molecule has 2 unspecified atom stereocenters. The van der Waals surface area contributed by atoms with E-state index in [1.807, 2.05) is 0 Å². The minimum atomic E-state index is -4.47. The van der Waals surface area contributed by atoms with Crippen LogP contribution in [-0.4, -0.2) is 38.1 Å². The molecule has 0 saturated heterocycles. The van der Waals surface area contributed by atoms with E-state index < -0.39 is 33.0 Å². The van der Waals surface area contributed by atoms with E-state index in [-0.39, 0.29) is 16.7 Å². The molecule has 2 N–H and O–H groups in total. The topological polar surface area (TPSA) is 127 Å². The van der Waals surface area contributed by atoms with Crippen molar-refractivity contribution < 1.29 is 34.3 Å². The Morgan fingerprint density at radius 1 is 0.839 bits per heavy atom. The molecule has 4 aliphatic rings. The molecule has 9 atom stereocenters. The van der Waals surface area contributed by atoms with Gasteiger partial charge in [-0.05, 0) is 105 Å². The van der Waals surface area contributed by atoms with Gasteiger partial charge in [0.15, 0.2) is 0 Å². The molecule has 0 aromatic rings. The largest absolute Gasteiger partial charge is 0.397 e. The molecule has 0 aromatic heterocycles. The third-order valence-corrected chi connectivity index (χ3v) is 10.9. The van der Waals surface area contributed by atoms with E-state index in [4.69, 9.17) is 17.5 Å². The summed E-state index contributed by atoms with van der Waals surface area (Å²) < 4.78 is 73.0. The standard InChI is InChI=1S/C21H36O8S2/c1-13(28-30(22,23)24)17-6-7-18-16-5-4-14-12-15(29-31(25,26)27)8-10-20(14,2)19(16)9-11-21(17,18)3/h13-19H,4-12H2,1-3H3,(H,22,23,24)(H,25,26,27)/t13?,14-,15?,16-,17+,18-,19-,20-,21+/m0/s1. The molecule has 0 bridgehead atoms. The second-order valence-electron chi connectivity index (χ2n) is 11.0. The van der Waals surface area contributed by atoms with Gasteiger partial charge in [-0.3, -0.25) is 9.11 Å². The number of fused-ring (bicyclic) bond motifs is 5. The molecule has 180 valence electrons. The van der Waals surface area contributed by atoms with Gasteiger partial charge >= 0.3 is 20.8 Å². The van der Waals surface area contributed by atoms with Crippen LogP contribution in [0.25, 0.3) is 0 Å². The Morgan fingerprint density at radius 3 is 2.13 bits per heavy atom. The van der Waals surface area contributed by atoms with Crippen LogP contribution in [0.3, 0.4) is 0 Å². The Kier molecular flexibility index (Phi) is 6.09. The van der Waals surface area contributed by atoms with Gasteiger partial charge in [0.05, 0.1) is 12.2 Å². The van der Waals surface area contributed by atoms with Crippen molar-refractivity contribution in [2.75, 3.05) is 0 Å². The fourth-order valence-electron chi connectivity index (χ4n) is 8.55. The van der Waals surface area contributed by atoms with Crippen molar-refractivity contribution in [1.82, 2.24) is 0 Å². The van der Waals surface area contributed by atoms with Crippen LogP contribution in [0.1, 0.15) is 78.6 Å². The van der Waals surface area contributed by atoms with Crippen LogP contribution < -0.4 is 0 Å². The highest BCUT2D eigenvalue weighted by Gasteiger charge is 2.61. The van der Waals surface area contributed by atoms with Gasteiger partial charge < -0.3 is 0 Å². The molecule has 0 heterocycles. The predicted octanol–water partition coefficient (Wildman–Crippen LogP) is 4.04. The average molecular weight is 481 g/mol. The van der Waals surface area contributed by atoms with Gasteiger partial charge in [-0.25, -0.2) is 8.37 Å². The Morgan fingerprint density at radius 2 is 1.48 bits per heavy atom.